The first-order chi connectivity index (χ1) is 23.8. The third-order valence-corrected chi connectivity index (χ3v) is 10.1. The fraction of sp³-hybridized carbons (Fsp3) is 0.333. The summed E-state index contributed by atoms with van der Waals surface area (Å²) in [4.78, 5) is 31.5. The molecule has 50 heavy (non-hydrogen) atoms. The number of amides is 1. The summed E-state index contributed by atoms with van der Waals surface area (Å²) in [5.41, 5.74) is 3.17. The number of benzene rings is 4. The molecule has 0 aliphatic carbocycles. The molecule has 5 aromatic rings. The molecule has 0 saturated carbocycles. The van der Waals surface area contributed by atoms with Gasteiger partial charge >= 0.3 is 12.1 Å². The van der Waals surface area contributed by atoms with Crippen molar-refractivity contribution in [1.82, 2.24) is 15.2 Å². The predicted octanol–water partition coefficient (Wildman–Crippen LogP) is 7.17. The van der Waals surface area contributed by atoms with Crippen LogP contribution in [0.15, 0.2) is 91.0 Å². The molecule has 1 aromatic heterocycles. The van der Waals surface area contributed by atoms with E-state index in [0.29, 0.717) is 16.9 Å². The molecule has 262 valence electrons. The molecule has 0 spiro atoms. The molecule has 1 atom stereocenters. The maximum Gasteiger partial charge on any atom is 0.407 e. The second-order valence-corrected chi connectivity index (χ2v) is 15.7. The first-order valence-electron chi connectivity index (χ1n) is 16.9. The van der Waals surface area contributed by atoms with E-state index in [1.54, 1.807) is 39.0 Å². The van der Waals surface area contributed by atoms with Gasteiger partial charge in [-0.15, -0.1) is 0 Å². The number of carbonyl (C=O) groups is 2. The lowest BCUT2D eigenvalue weighted by Gasteiger charge is -2.28. The van der Waals surface area contributed by atoms with Crippen LogP contribution in [0.25, 0.3) is 21.7 Å². The summed E-state index contributed by atoms with van der Waals surface area (Å²) in [5.74, 6) is -0.985. The van der Waals surface area contributed by atoms with Gasteiger partial charge in [0.05, 0.1) is 5.75 Å². The number of fused-ring (bicyclic) bond motifs is 2. The van der Waals surface area contributed by atoms with E-state index in [1.807, 2.05) is 72.8 Å². The van der Waals surface area contributed by atoms with E-state index in [2.05, 4.69) is 27.0 Å². The number of aromatic nitrogens is 1. The minimum atomic E-state index is -3.75. The van der Waals surface area contributed by atoms with Gasteiger partial charge in [0.25, 0.3) is 0 Å². The Morgan fingerprint density at radius 2 is 1.64 bits per heavy atom. The summed E-state index contributed by atoms with van der Waals surface area (Å²) in [5, 5.41) is 5.52. The Kier molecular flexibility index (Phi) is 10.2. The van der Waals surface area contributed by atoms with Crippen LogP contribution in [0.2, 0.25) is 0 Å². The highest BCUT2D eigenvalue weighted by molar-refractivity contribution is 7.91. The molecule has 1 fully saturated rings. The summed E-state index contributed by atoms with van der Waals surface area (Å²) in [6, 6.07) is 28.1. The Labute approximate surface area is 293 Å². The van der Waals surface area contributed by atoms with E-state index in [9.17, 15) is 18.0 Å². The number of nitrogens with one attached hydrogen (secondary N) is 3. The number of sulfonamides is 1. The van der Waals surface area contributed by atoms with E-state index in [-0.39, 0.29) is 24.4 Å². The summed E-state index contributed by atoms with van der Waals surface area (Å²) in [6.45, 7) is 7.34. The van der Waals surface area contributed by atoms with Crippen molar-refractivity contribution in [2.24, 2.45) is 0 Å². The Bertz CT molecular complexity index is 2100. The Hall–Kier alpha value is -4.87. The highest BCUT2D eigenvalue weighted by atomic mass is 32.2. The average Bonchev–Trinajstić information content (AvgIpc) is 3.49. The lowest BCUT2D eigenvalue weighted by molar-refractivity contribution is 0.0134. The minimum absolute atomic E-state index is 0.116. The van der Waals surface area contributed by atoms with E-state index < -0.39 is 27.6 Å². The first kappa shape index (κ1) is 35.0. The number of likely N-dealkylation sites (tertiary alicyclic amines) is 1. The van der Waals surface area contributed by atoms with Gasteiger partial charge in [0.1, 0.15) is 17.4 Å². The van der Waals surface area contributed by atoms with Crippen LogP contribution in [-0.2, 0) is 25.2 Å². The maximum atomic E-state index is 13.3. The number of anilines is 1. The fourth-order valence-electron chi connectivity index (χ4n) is 6.39. The quantitative estimate of drug-likeness (QED) is 0.132. The van der Waals surface area contributed by atoms with Gasteiger partial charge in [0, 0.05) is 42.1 Å². The van der Waals surface area contributed by atoms with Gasteiger partial charge in [0.15, 0.2) is 0 Å². The van der Waals surface area contributed by atoms with Crippen LogP contribution >= 0.6 is 0 Å². The number of rotatable bonds is 10. The van der Waals surface area contributed by atoms with Gasteiger partial charge < -0.3 is 24.7 Å². The largest absolute Gasteiger partial charge is 0.458 e. The highest BCUT2D eigenvalue weighted by Crippen LogP contribution is 2.35. The van der Waals surface area contributed by atoms with Crippen LogP contribution in [0.1, 0.15) is 66.7 Å². The number of hydrogen-bond donors (Lipinski definition) is 3. The number of piperidine rings is 1. The van der Waals surface area contributed by atoms with Crippen LogP contribution in [0, 0.1) is 0 Å². The van der Waals surface area contributed by atoms with Crippen LogP contribution in [0.5, 0.6) is 0 Å². The van der Waals surface area contributed by atoms with Crippen molar-refractivity contribution in [2.75, 3.05) is 31.4 Å². The molecule has 1 amide bonds. The van der Waals surface area contributed by atoms with E-state index in [0.717, 1.165) is 58.7 Å². The SMILES string of the molecule is CN1CCC(OC(=O)c2cc3ccc(C(CNC(=O)OC(C)(C)C)c4cc(NS(=O)(=O)Cc5ccccc5)cc5ccccc45)cc3[nH]2)CC1. The van der Waals surface area contributed by atoms with Crippen LogP contribution in [0.4, 0.5) is 10.5 Å². The summed E-state index contributed by atoms with van der Waals surface area (Å²) >= 11 is 0. The predicted molar refractivity (Wildman–Crippen MR) is 197 cm³/mol. The van der Waals surface area contributed by atoms with Crippen molar-refractivity contribution in [2.45, 2.75) is 57.0 Å². The summed E-state index contributed by atoms with van der Waals surface area (Å²) in [6.07, 6.45) is 0.920. The Morgan fingerprint density at radius 1 is 0.920 bits per heavy atom. The molecule has 1 unspecified atom stereocenters. The number of ether oxygens (including phenoxy) is 2. The molecule has 10 nitrogen and oxygen atoms in total. The lowest BCUT2D eigenvalue weighted by Crippen LogP contribution is -2.35. The van der Waals surface area contributed by atoms with Crippen molar-refractivity contribution in [3.8, 4) is 0 Å². The Morgan fingerprint density at radius 3 is 2.38 bits per heavy atom. The number of H-pyrrole nitrogens is 1. The molecule has 11 heteroatoms. The number of carbonyl (C=O) groups excluding carboxylic acids is 2. The molecule has 4 aromatic carbocycles. The van der Waals surface area contributed by atoms with Crippen LogP contribution < -0.4 is 10.0 Å². The monoisotopic (exact) mass is 696 g/mol. The van der Waals surface area contributed by atoms with Gasteiger partial charge in [-0.25, -0.2) is 18.0 Å². The van der Waals surface area contributed by atoms with Gasteiger partial charge in [-0.2, -0.15) is 0 Å². The number of alkyl carbamates (subject to hydrolysis) is 1. The van der Waals surface area contributed by atoms with Gasteiger partial charge in [-0.05, 0) is 92.4 Å². The molecule has 6 rings (SSSR count). The zero-order valence-electron chi connectivity index (χ0n) is 28.9. The molecule has 1 saturated heterocycles. The topological polar surface area (TPSA) is 130 Å². The van der Waals surface area contributed by atoms with Crippen molar-refractivity contribution < 1.29 is 27.5 Å². The van der Waals surface area contributed by atoms with Gasteiger partial charge in [-0.1, -0.05) is 66.7 Å². The minimum Gasteiger partial charge on any atom is -0.458 e. The van der Waals surface area contributed by atoms with Crippen LogP contribution in [-0.4, -0.2) is 68.8 Å². The molecular formula is C39H44N4O6S. The standard InChI is InChI=1S/C39H44N4O6S/c1-39(2,3)49-38(45)40-24-34(28-14-15-29-22-36(41-35(29)21-28)37(44)48-31-16-18-43(4)19-17-31)33-23-30(20-27-12-8-9-13-32(27)33)42-50(46,47)25-26-10-6-5-7-11-26/h5-15,20-23,31,34,41-42H,16-19,24-25H2,1-4H3,(H,40,45). The van der Waals surface area contributed by atoms with E-state index >= 15 is 0 Å². The second kappa shape index (κ2) is 14.5. The number of nitrogens with zero attached hydrogens (tertiary/aromatic N) is 1. The van der Waals surface area contributed by atoms with Gasteiger partial charge in [-0.3, -0.25) is 4.72 Å². The third-order valence-electron chi connectivity index (χ3n) is 8.80. The lowest BCUT2D eigenvalue weighted by atomic mass is 9.87. The zero-order valence-corrected chi connectivity index (χ0v) is 29.7. The van der Waals surface area contributed by atoms with Crippen LogP contribution in [0.3, 0.4) is 0 Å². The molecule has 0 radical (unpaired) electrons. The number of aromatic amines is 1. The zero-order chi connectivity index (χ0) is 35.5. The smallest absolute Gasteiger partial charge is 0.407 e. The molecule has 2 heterocycles. The molecule has 1 aliphatic rings. The van der Waals surface area contributed by atoms with Crippen molar-refractivity contribution in [3.63, 3.8) is 0 Å². The molecular weight excluding hydrogens is 653 g/mol. The average molecular weight is 697 g/mol. The normalized spacial score (nSPS) is 15.1. The number of hydrogen-bond acceptors (Lipinski definition) is 7. The first-order valence-corrected chi connectivity index (χ1v) is 18.5. The highest BCUT2D eigenvalue weighted by Gasteiger charge is 2.25. The van der Waals surface area contributed by atoms with E-state index in [4.69, 9.17) is 9.47 Å². The fourth-order valence-corrected chi connectivity index (χ4v) is 7.57. The van der Waals surface area contributed by atoms with Crippen molar-refractivity contribution >= 4 is 49.4 Å². The van der Waals surface area contributed by atoms with Crippen molar-refractivity contribution in [3.05, 3.63) is 113 Å². The number of esters is 1. The van der Waals surface area contributed by atoms with Gasteiger partial charge in [0.2, 0.25) is 10.0 Å². The molecule has 1 aliphatic heterocycles. The molecule has 0 bridgehead atoms. The van der Waals surface area contributed by atoms with Crippen molar-refractivity contribution in [1.29, 1.82) is 0 Å². The summed E-state index contributed by atoms with van der Waals surface area (Å²) < 4.78 is 40.8. The second-order valence-electron chi connectivity index (χ2n) is 14.0. The molecule has 3 N–H and O–H groups in total. The summed E-state index contributed by atoms with van der Waals surface area (Å²) in [7, 11) is -1.69. The maximum absolute atomic E-state index is 13.3. The third kappa shape index (κ3) is 8.83. The Balaban J connectivity index is 1.35. The van der Waals surface area contributed by atoms with E-state index in [1.165, 1.54) is 0 Å².